The normalized spacial score (nSPS) is 15.6. The third kappa shape index (κ3) is 4.15. The molecular formula is C27H27N7O2. The van der Waals surface area contributed by atoms with E-state index in [0.717, 1.165) is 30.3 Å². The highest BCUT2D eigenvalue weighted by Gasteiger charge is 2.26. The Balaban J connectivity index is 1.72. The average Bonchev–Trinajstić information content (AvgIpc) is 3.28. The molecule has 4 heterocycles. The van der Waals surface area contributed by atoms with Crippen LogP contribution < -0.4 is 21.8 Å². The van der Waals surface area contributed by atoms with Crippen LogP contribution in [0.4, 0.5) is 5.95 Å². The predicted molar refractivity (Wildman–Crippen MR) is 141 cm³/mol. The number of fused-ring (bicyclic) bond motifs is 2. The Morgan fingerprint density at radius 3 is 2.69 bits per heavy atom. The highest BCUT2D eigenvalue weighted by Crippen LogP contribution is 2.22. The zero-order chi connectivity index (χ0) is 25.2. The van der Waals surface area contributed by atoms with E-state index in [1.165, 1.54) is 9.36 Å². The number of pyridine rings is 1. The molecule has 0 spiro atoms. The van der Waals surface area contributed by atoms with E-state index in [-0.39, 0.29) is 42.3 Å². The Labute approximate surface area is 208 Å². The van der Waals surface area contributed by atoms with Gasteiger partial charge in [-0.2, -0.15) is 0 Å². The molecule has 1 aromatic carbocycles. The molecular weight excluding hydrogens is 454 g/mol. The van der Waals surface area contributed by atoms with Crippen LogP contribution in [0.25, 0.3) is 21.9 Å². The fourth-order valence-corrected chi connectivity index (χ4v) is 4.76. The molecule has 1 aliphatic rings. The number of terminal acetylenes is 1. The van der Waals surface area contributed by atoms with E-state index in [0.29, 0.717) is 18.2 Å². The lowest BCUT2D eigenvalue weighted by Gasteiger charge is -2.31. The zero-order valence-electron chi connectivity index (χ0n) is 20.1. The number of aromatic nitrogens is 5. The maximum absolute atomic E-state index is 13.9. The molecule has 9 nitrogen and oxygen atoms in total. The first kappa shape index (κ1) is 23.4. The van der Waals surface area contributed by atoms with Gasteiger partial charge in [-0.1, -0.05) is 36.1 Å². The number of benzene rings is 1. The van der Waals surface area contributed by atoms with E-state index in [1.54, 1.807) is 11.5 Å². The Kier molecular flexibility index (Phi) is 6.32. The van der Waals surface area contributed by atoms with Crippen molar-refractivity contribution in [3.05, 3.63) is 62.8 Å². The highest BCUT2D eigenvalue weighted by atomic mass is 16.2. The van der Waals surface area contributed by atoms with E-state index < -0.39 is 5.56 Å². The van der Waals surface area contributed by atoms with Crippen LogP contribution >= 0.6 is 0 Å². The van der Waals surface area contributed by atoms with Crippen molar-refractivity contribution in [1.29, 1.82) is 0 Å². The second-order valence-electron chi connectivity index (χ2n) is 8.90. The second kappa shape index (κ2) is 9.73. The number of nitrogens with two attached hydrogens (primary N) is 1. The average molecular weight is 482 g/mol. The summed E-state index contributed by atoms with van der Waals surface area (Å²) < 4.78 is 4.37. The first-order chi connectivity index (χ1) is 17.5. The summed E-state index contributed by atoms with van der Waals surface area (Å²) in [6.45, 7) is 3.32. The van der Waals surface area contributed by atoms with Crippen molar-refractivity contribution in [2.45, 2.75) is 45.4 Å². The summed E-state index contributed by atoms with van der Waals surface area (Å²) in [4.78, 5) is 38.9. The molecule has 1 fully saturated rings. The second-order valence-corrected chi connectivity index (χ2v) is 8.90. The quantitative estimate of drug-likeness (QED) is 0.434. The van der Waals surface area contributed by atoms with Crippen LogP contribution in [0.1, 0.15) is 25.5 Å². The Hall–Kier alpha value is -4.34. The van der Waals surface area contributed by atoms with Gasteiger partial charge in [0.05, 0.1) is 24.3 Å². The highest BCUT2D eigenvalue weighted by molar-refractivity contribution is 5.79. The number of hydrogen-bond donors (Lipinski definition) is 1. The van der Waals surface area contributed by atoms with Gasteiger partial charge in [-0.25, -0.2) is 14.3 Å². The molecule has 1 saturated heterocycles. The van der Waals surface area contributed by atoms with E-state index in [1.807, 2.05) is 41.3 Å². The summed E-state index contributed by atoms with van der Waals surface area (Å²) in [6, 6.07) is 11.5. The fourth-order valence-electron chi connectivity index (χ4n) is 4.76. The number of rotatable bonds is 5. The summed E-state index contributed by atoms with van der Waals surface area (Å²) in [5.74, 6) is 8.93. The first-order valence-electron chi connectivity index (χ1n) is 11.9. The van der Waals surface area contributed by atoms with E-state index in [9.17, 15) is 9.59 Å². The van der Waals surface area contributed by atoms with Crippen LogP contribution in [0.15, 0.2) is 46.0 Å². The van der Waals surface area contributed by atoms with Crippen molar-refractivity contribution in [1.82, 2.24) is 23.9 Å². The Morgan fingerprint density at radius 1 is 1.08 bits per heavy atom. The number of imidazole rings is 1. The fraction of sp³-hybridized carbons (Fsp3) is 0.333. The minimum absolute atomic E-state index is 0.00185. The van der Waals surface area contributed by atoms with Crippen molar-refractivity contribution >= 4 is 27.9 Å². The van der Waals surface area contributed by atoms with Gasteiger partial charge >= 0.3 is 0 Å². The molecule has 0 unspecified atom stereocenters. The van der Waals surface area contributed by atoms with E-state index >= 15 is 0 Å². The van der Waals surface area contributed by atoms with Crippen molar-refractivity contribution in [3.8, 4) is 24.2 Å². The molecule has 0 radical (unpaired) electrons. The molecule has 3 aromatic heterocycles. The van der Waals surface area contributed by atoms with Gasteiger partial charge in [0.2, 0.25) is 5.95 Å². The van der Waals surface area contributed by atoms with Crippen LogP contribution in [0.5, 0.6) is 0 Å². The van der Waals surface area contributed by atoms with Crippen LogP contribution in [0, 0.1) is 24.2 Å². The summed E-state index contributed by atoms with van der Waals surface area (Å²) in [6.07, 6.45) is 7.41. The zero-order valence-corrected chi connectivity index (χ0v) is 20.1. The van der Waals surface area contributed by atoms with Gasteiger partial charge in [0.25, 0.3) is 11.1 Å². The van der Waals surface area contributed by atoms with Crippen molar-refractivity contribution in [2.24, 2.45) is 5.73 Å². The maximum Gasteiger partial charge on any atom is 0.294 e. The largest absolute Gasteiger partial charge is 0.341 e. The summed E-state index contributed by atoms with van der Waals surface area (Å²) in [5.41, 5.74) is 7.17. The molecule has 1 atom stereocenters. The summed E-state index contributed by atoms with van der Waals surface area (Å²) in [5, 5.41) is 0.991. The molecule has 1 aliphatic heterocycles. The summed E-state index contributed by atoms with van der Waals surface area (Å²) in [7, 11) is 0. The van der Waals surface area contributed by atoms with E-state index in [2.05, 4.69) is 27.7 Å². The SMILES string of the molecule is C#CCn1c(=O)c2nc(N3CCC[C@@H](N)C3)n(CC#CC)c2c(=O)n1Cc1ccc2ccccc2n1. The van der Waals surface area contributed by atoms with Crippen molar-refractivity contribution in [2.75, 3.05) is 18.0 Å². The minimum atomic E-state index is -0.422. The third-order valence-corrected chi connectivity index (χ3v) is 6.48. The number of anilines is 1. The number of nitrogens with zero attached hydrogens (tertiary/aromatic N) is 6. The summed E-state index contributed by atoms with van der Waals surface area (Å²) >= 11 is 0. The van der Waals surface area contributed by atoms with Crippen LogP contribution in [0.3, 0.4) is 0 Å². The lowest BCUT2D eigenvalue weighted by Crippen LogP contribution is -2.44. The van der Waals surface area contributed by atoms with Gasteiger partial charge in [0.15, 0.2) is 5.52 Å². The lowest BCUT2D eigenvalue weighted by atomic mass is 10.1. The van der Waals surface area contributed by atoms with Crippen LogP contribution in [-0.4, -0.2) is 43.0 Å². The van der Waals surface area contributed by atoms with Crippen LogP contribution in [0.2, 0.25) is 0 Å². The first-order valence-corrected chi connectivity index (χ1v) is 11.9. The van der Waals surface area contributed by atoms with Gasteiger partial charge < -0.3 is 10.6 Å². The van der Waals surface area contributed by atoms with Crippen molar-refractivity contribution < 1.29 is 0 Å². The van der Waals surface area contributed by atoms with Gasteiger partial charge in [-0.3, -0.25) is 19.1 Å². The maximum atomic E-state index is 13.9. The number of para-hydroxylation sites is 1. The lowest BCUT2D eigenvalue weighted by molar-refractivity contribution is 0.477. The number of piperidine rings is 1. The smallest absolute Gasteiger partial charge is 0.294 e. The molecule has 36 heavy (non-hydrogen) atoms. The minimum Gasteiger partial charge on any atom is -0.341 e. The Morgan fingerprint density at radius 2 is 1.92 bits per heavy atom. The van der Waals surface area contributed by atoms with Gasteiger partial charge in [0, 0.05) is 24.5 Å². The van der Waals surface area contributed by atoms with Gasteiger partial charge in [-0.15, -0.1) is 12.3 Å². The molecule has 5 rings (SSSR count). The molecule has 2 N–H and O–H groups in total. The molecule has 9 heteroatoms. The number of hydrogen-bond acceptors (Lipinski definition) is 6. The van der Waals surface area contributed by atoms with Crippen molar-refractivity contribution in [3.63, 3.8) is 0 Å². The van der Waals surface area contributed by atoms with E-state index in [4.69, 9.17) is 12.2 Å². The topological polar surface area (TPSA) is 104 Å². The molecule has 0 saturated carbocycles. The molecule has 0 aliphatic carbocycles. The van der Waals surface area contributed by atoms with Gasteiger partial charge in [0.1, 0.15) is 12.1 Å². The Bertz CT molecular complexity index is 1680. The molecule has 4 aromatic rings. The molecule has 182 valence electrons. The monoisotopic (exact) mass is 481 g/mol. The van der Waals surface area contributed by atoms with Gasteiger partial charge in [-0.05, 0) is 31.9 Å². The molecule has 0 bridgehead atoms. The standard InChI is InChI=1S/C27H27N7O2/c1-3-5-16-32-24-23(30-27(32)31-15-8-10-20(28)17-31)25(35)33(14-4-2)34(26(24)36)18-21-13-12-19-9-6-7-11-22(19)29-21/h2,6-7,9,11-13,20H,8,10,14-18,28H2,1H3/t20-/m1/s1. The third-order valence-electron chi connectivity index (χ3n) is 6.48. The molecule has 0 amide bonds. The van der Waals surface area contributed by atoms with Crippen LogP contribution in [-0.2, 0) is 19.6 Å². The predicted octanol–water partition coefficient (Wildman–Crippen LogP) is 1.54.